The van der Waals surface area contributed by atoms with Gasteiger partial charge in [-0.25, -0.2) is 0 Å². The van der Waals surface area contributed by atoms with Gasteiger partial charge in [-0.1, -0.05) is 13.5 Å². The van der Waals surface area contributed by atoms with Crippen LogP contribution in [-0.2, 0) is 14.4 Å². The van der Waals surface area contributed by atoms with E-state index in [1.807, 2.05) is 0 Å². The van der Waals surface area contributed by atoms with Crippen molar-refractivity contribution in [2.75, 3.05) is 0 Å². The summed E-state index contributed by atoms with van der Waals surface area (Å²) in [5.74, 6) is -4.99. The molecule has 5 heteroatoms. The van der Waals surface area contributed by atoms with Gasteiger partial charge in [-0.2, -0.15) is 0 Å². The van der Waals surface area contributed by atoms with E-state index in [1.165, 1.54) is 13.8 Å². The van der Waals surface area contributed by atoms with E-state index in [0.29, 0.717) is 0 Å². The highest BCUT2D eigenvalue weighted by molar-refractivity contribution is 5.98. The maximum absolute atomic E-state index is 11.4. The normalized spacial score (nSPS) is 14.0. The van der Waals surface area contributed by atoms with Gasteiger partial charge in [-0.05, 0) is 12.5 Å². The summed E-state index contributed by atoms with van der Waals surface area (Å²) in [6, 6.07) is 0. The molecule has 0 aliphatic carbocycles. The largest absolute Gasteiger partial charge is 0.481 e. The van der Waals surface area contributed by atoms with E-state index in [0.717, 1.165) is 0 Å². The number of ketones is 1. The minimum atomic E-state index is -1.28. The third kappa shape index (κ3) is 3.93. The monoisotopic (exact) mass is 214 g/mol. The molecule has 2 unspecified atom stereocenters. The van der Waals surface area contributed by atoms with Crippen molar-refractivity contribution in [3.63, 3.8) is 0 Å². The van der Waals surface area contributed by atoms with Gasteiger partial charge in [0.15, 0.2) is 5.78 Å². The lowest BCUT2D eigenvalue weighted by atomic mass is 9.85. The smallest absolute Gasteiger partial charge is 0.307 e. The molecular weight excluding hydrogens is 200 g/mol. The molecule has 0 aliphatic heterocycles. The van der Waals surface area contributed by atoms with Crippen LogP contribution in [0.25, 0.3) is 0 Å². The number of carboxylic acid groups (broad SMARTS) is 2. The zero-order valence-corrected chi connectivity index (χ0v) is 8.69. The Labute approximate surface area is 87.4 Å². The fraction of sp³-hybridized carbons (Fsp3) is 0.500. The van der Waals surface area contributed by atoms with Crippen molar-refractivity contribution in [2.24, 2.45) is 11.8 Å². The number of hydrogen-bond donors (Lipinski definition) is 2. The number of aliphatic carboxylic acids is 2. The van der Waals surface area contributed by atoms with Crippen LogP contribution in [0.5, 0.6) is 0 Å². The van der Waals surface area contributed by atoms with E-state index in [4.69, 9.17) is 10.2 Å². The van der Waals surface area contributed by atoms with Gasteiger partial charge < -0.3 is 10.2 Å². The molecule has 0 spiro atoms. The molecule has 0 radical (unpaired) electrons. The van der Waals surface area contributed by atoms with Crippen LogP contribution in [0.4, 0.5) is 0 Å². The first kappa shape index (κ1) is 13.4. The molecular formula is C10H14O5. The molecule has 0 aromatic rings. The predicted octanol–water partition coefficient (Wildman–Crippen LogP) is 0.943. The van der Waals surface area contributed by atoms with Gasteiger partial charge in [-0.3, -0.25) is 14.4 Å². The van der Waals surface area contributed by atoms with Crippen LogP contribution >= 0.6 is 0 Å². The van der Waals surface area contributed by atoms with Crippen LogP contribution in [-0.4, -0.2) is 27.9 Å². The van der Waals surface area contributed by atoms with Crippen molar-refractivity contribution in [1.82, 2.24) is 0 Å². The van der Waals surface area contributed by atoms with Crippen molar-refractivity contribution in [3.8, 4) is 0 Å². The predicted molar refractivity (Wildman–Crippen MR) is 52.4 cm³/mol. The van der Waals surface area contributed by atoms with E-state index in [-0.39, 0.29) is 5.57 Å². The molecule has 0 saturated carbocycles. The second kappa shape index (κ2) is 5.29. The second-order valence-electron chi connectivity index (χ2n) is 3.48. The number of Topliss-reactive ketones (excluding diaryl/α,β-unsaturated/α-hetero) is 1. The van der Waals surface area contributed by atoms with Crippen molar-refractivity contribution in [3.05, 3.63) is 12.2 Å². The minimum Gasteiger partial charge on any atom is -0.481 e. The van der Waals surface area contributed by atoms with Gasteiger partial charge in [0.05, 0.1) is 12.3 Å². The summed E-state index contributed by atoms with van der Waals surface area (Å²) in [6.07, 6.45) is -0.560. The van der Waals surface area contributed by atoms with Crippen LogP contribution in [0.3, 0.4) is 0 Å². The topological polar surface area (TPSA) is 91.7 Å². The molecule has 2 N–H and O–H groups in total. The maximum atomic E-state index is 11.4. The number of carbonyl (C=O) groups is 3. The van der Waals surface area contributed by atoms with Crippen LogP contribution in [0.15, 0.2) is 12.2 Å². The molecule has 0 aliphatic rings. The highest BCUT2D eigenvalue weighted by atomic mass is 16.4. The first-order valence-electron chi connectivity index (χ1n) is 4.41. The Kier molecular flexibility index (Phi) is 4.70. The number of carbonyl (C=O) groups excluding carboxylic acids is 1. The zero-order chi connectivity index (χ0) is 12.2. The van der Waals surface area contributed by atoms with E-state index in [1.54, 1.807) is 0 Å². The second-order valence-corrected chi connectivity index (χ2v) is 3.48. The molecule has 0 amide bonds. The van der Waals surface area contributed by atoms with Crippen LogP contribution < -0.4 is 0 Å². The summed E-state index contributed by atoms with van der Waals surface area (Å²) in [6.45, 7) is 6.28. The summed E-state index contributed by atoms with van der Waals surface area (Å²) < 4.78 is 0. The highest BCUT2D eigenvalue weighted by Crippen LogP contribution is 2.19. The molecule has 0 fully saturated rings. The van der Waals surface area contributed by atoms with E-state index in [2.05, 4.69) is 6.58 Å². The maximum Gasteiger partial charge on any atom is 0.307 e. The average molecular weight is 214 g/mol. The number of allylic oxidation sites excluding steroid dienone is 1. The summed E-state index contributed by atoms with van der Waals surface area (Å²) >= 11 is 0. The molecule has 0 heterocycles. The third-order valence-corrected chi connectivity index (χ3v) is 2.15. The van der Waals surface area contributed by atoms with Crippen molar-refractivity contribution in [1.29, 1.82) is 0 Å². The summed E-state index contributed by atoms with van der Waals surface area (Å²) in [4.78, 5) is 32.6. The first-order chi connectivity index (χ1) is 6.77. The van der Waals surface area contributed by atoms with Crippen LogP contribution in [0, 0.1) is 11.8 Å². The SMILES string of the molecule is C=C(C)C(=O)C(C)C(CC(=O)O)C(=O)O. The minimum absolute atomic E-state index is 0.235. The van der Waals surface area contributed by atoms with Gasteiger partial charge in [0.1, 0.15) is 0 Å². The molecule has 0 aromatic carbocycles. The average Bonchev–Trinajstić information content (AvgIpc) is 2.10. The molecule has 15 heavy (non-hydrogen) atoms. The van der Waals surface area contributed by atoms with Crippen molar-refractivity contribution in [2.45, 2.75) is 20.3 Å². The Hall–Kier alpha value is -1.65. The molecule has 2 atom stereocenters. The molecule has 84 valence electrons. The van der Waals surface area contributed by atoms with Crippen LogP contribution in [0.1, 0.15) is 20.3 Å². The lowest BCUT2D eigenvalue weighted by Gasteiger charge is -2.17. The molecule has 0 aromatic heterocycles. The fourth-order valence-electron chi connectivity index (χ4n) is 1.24. The van der Waals surface area contributed by atoms with Gasteiger partial charge in [0, 0.05) is 5.92 Å². The standard InChI is InChI=1S/C10H14O5/c1-5(2)9(13)6(3)7(10(14)15)4-8(11)12/h6-7H,1,4H2,2-3H3,(H,11,12)(H,14,15). The molecule has 0 bridgehead atoms. The van der Waals surface area contributed by atoms with Gasteiger partial charge in [-0.15, -0.1) is 0 Å². The zero-order valence-electron chi connectivity index (χ0n) is 8.69. The Morgan fingerprint density at radius 3 is 2.00 bits per heavy atom. The van der Waals surface area contributed by atoms with E-state index < -0.39 is 36.0 Å². The van der Waals surface area contributed by atoms with Crippen molar-refractivity contribution < 1.29 is 24.6 Å². The number of carboxylic acids is 2. The third-order valence-electron chi connectivity index (χ3n) is 2.15. The first-order valence-corrected chi connectivity index (χ1v) is 4.41. The van der Waals surface area contributed by atoms with Gasteiger partial charge in [0.25, 0.3) is 0 Å². The molecule has 0 saturated heterocycles. The lowest BCUT2D eigenvalue weighted by Crippen LogP contribution is -2.30. The van der Waals surface area contributed by atoms with Crippen molar-refractivity contribution >= 4 is 17.7 Å². The lowest BCUT2D eigenvalue weighted by molar-refractivity contribution is -0.151. The Bertz CT molecular complexity index is 305. The Morgan fingerprint density at radius 2 is 1.73 bits per heavy atom. The Morgan fingerprint density at radius 1 is 1.27 bits per heavy atom. The quantitative estimate of drug-likeness (QED) is 0.642. The van der Waals surface area contributed by atoms with Gasteiger partial charge >= 0.3 is 11.9 Å². The summed E-state index contributed by atoms with van der Waals surface area (Å²) in [5, 5.41) is 17.3. The number of hydrogen-bond acceptors (Lipinski definition) is 3. The fourth-order valence-corrected chi connectivity index (χ4v) is 1.24. The molecule has 0 rings (SSSR count). The van der Waals surface area contributed by atoms with Crippen LogP contribution in [0.2, 0.25) is 0 Å². The summed E-state index contributed by atoms with van der Waals surface area (Å²) in [7, 11) is 0. The number of rotatable bonds is 6. The summed E-state index contributed by atoms with van der Waals surface area (Å²) in [5.41, 5.74) is 0.235. The van der Waals surface area contributed by atoms with Gasteiger partial charge in [0.2, 0.25) is 0 Å². The van der Waals surface area contributed by atoms with E-state index in [9.17, 15) is 14.4 Å². The molecule has 5 nitrogen and oxygen atoms in total. The highest BCUT2D eigenvalue weighted by Gasteiger charge is 2.31. The Balaban J connectivity index is 4.77. The van der Waals surface area contributed by atoms with E-state index >= 15 is 0 Å².